The number of hydrogen-bond donors (Lipinski definition) is 0. The molecular formula is C16H22N2. The molecule has 1 aliphatic rings. The van der Waals surface area contributed by atoms with Crippen molar-refractivity contribution >= 4 is 0 Å². The molecule has 0 saturated carbocycles. The van der Waals surface area contributed by atoms with Crippen LogP contribution < -0.4 is 0 Å². The van der Waals surface area contributed by atoms with Gasteiger partial charge in [-0.3, -0.25) is 0 Å². The molecule has 0 bridgehead atoms. The van der Waals surface area contributed by atoms with Crippen LogP contribution in [0.3, 0.4) is 0 Å². The molecule has 1 aromatic carbocycles. The first-order valence-electron chi connectivity index (χ1n) is 6.73. The second-order valence-electron chi connectivity index (χ2n) is 5.96. The molecule has 1 aliphatic heterocycles. The molecule has 2 nitrogen and oxygen atoms in total. The van der Waals surface area contributed by atoms with Crippen molar-refractivity contribution in [1.29, 1.82) is 5.26 Å². The minimum absolute atomic E-state index is 0.387. The number of rotatable bonds is 2. The van der Waals surface area contributed by atoms with Crippen LogP contribution in [0.1, 0.15) is 43.7 Å². The minimum atomic E-state index is -0.387. The Morgan fingerprint density at radius 3 is 2.50 bits per heavy atom. The van der Waals surface area contributed by atoms with Gasteiger partial charge in [0.1, 0.15) is 0 Å². The topological polar surface area (TPSA) is 27.0 Å². The van der Waals surface area contributed by atoms with Gasteiger partial charge in [0.2, 0.25) is 0 Å². The summed E-state index contributed by atoms with van der Waals surface area (Å²) in [5.74, 6) is 0.656. The van der Waals surface area contributed by atoms with Crippen molar-refractivity contribution in [1.82, 2.24) is 4.90 Å². The molecule has 2 rings (SSSR count). The van der Waals surface area contributed by atoms with E-state index in [1.807, 2.05) is 13.8 Å². The maximum absolute atomic E-state index is 9.14. The van der Waals surface area contributed by atoms with Gasteiger partial charge in [0.05, 0.1) is 11.5 Å². The number of likely N-dealkylation sites (N-methyl/N-ethyl adjacent to an activating group) is 1. The Hall–Kier alpha value is -1.33. The molecule has 18 heavy (non-hydrogen) atoms. The Kier molecular flexibility index (Phi) is 3.73. The quantitative estimate of drug-likeness (QED) is 0.795. The first kappa shape index (κ1) is 13.1. The summed E-state index contributed by atoms with van der Waals surface area (Å²) in [6.45, 7) is 6.31. The normalized spacial score (nSPS) is 21.6. The highest BCUT2D eigenvalue weighted by Gasteiger charge is 2.22. The van der Waals surface area contributed by atoms with Crippen molar-refractivity contribution in [3.05, 3.63) is 35.4 Å². The molecule has 1 saturated heterocycles. The number of likely N-dealkylation sites (tertiary alicyclic amines) is 1. The Labute approximate surface area is 110 Å². The van der Waals surface area contributed by atoms with Crippen LogP contribution in [0.2, 0.25) is 0 Å². The van der Waals surface area contributed by atoms with Gasteiger partial charge in [0.25, 0.3) is 0 Å². The molecule has 0 spiro atoms. The average molecular weight is 242 g/mol. The van der Waals surface area contributed by atoms with E-state index in [1.54, 1.807) is 0 Å². The van der Waals surface area contributed by atoms with Crippen LogP contribution in [0.4, 0.5) is 0 Å². The lowest BCUT2D eigenvalue weighted by atomic mass is 9.84. The third-order valence-electron chi connectivity index (χ3n) is 4.01. The molecule has 1 aromatic rings. The average Bonchev–Trinajstić information content (AvgIpc) is 2.39. The maximum Gasteiger partial charge on any atom is 0.0766 e. The van der Waals surface area contributed by atoms with Crippen molar-refractivity contribution in [2.75, 3.05) is 20.1 Å². The second kappa shape index (κ2) is 5.12. The lowest BCUT2D eigenvalue weighted by Crippen LogP contribution is -2.30. The lowest BCUT2D eigenvalue weighted by Gasteiger charge is -2.30. The molecule has 0 aromatic heterocycles. The van der Waals surface area contributed by atoms with Crippen LogP contribution in [-0.4, -0.2) is 25.0 Å². The van der Waals surface area contributed by atoms with Gasteiger partial charge in [-0.15, -0.1) is 0 Å². The monoisotopic (exact) mass is 242 g/mol. The predicted octanol–water partition coefficient (Wildman–Crippen LogP) is 3.30. The fourth-order valence-electron chi connectivity index (χ4n) is 2.67. The van der Waals surface area contributed by atoms with Crippen LogP contribution in [-0.2, 0) is 5.41 Å². The number of piperidine rings is 1. The summed E-state index contributed by atoms with van der Waals surface area (Å²) in [6, 6.07) is 11.0. The Morgan fingerprint density at radius 1 is 1.28 bits per heavy atom. The van der Waals surface area contributed by atoms with Gasteiger partial charge in [-0.1, -0.05) is 24.3 Å². The Morgan fingerprint density at radius 2 is 1.94 bits per heavy atom. The molecule has 96 valence electrons. The van der Waals surface area contributed by atoms with E-state index in [2.05, 4.69) is 42.3 Å². The van der Waals surface area contributed by atoms with Crippen LogP contribution in [0.25, 0.3) is 0 Å². The van der Waals surface area contributed by atoms with Gasteiger partial charge < -0.3 is 4.90 Å². The SMILES string of the molecule is CN1CCCC(c2ccc(C(C)(C)C#N)cc2)C1. The standard InChI is InChI=1S/C16H22N2/c1-16(2,12-17)15-8-6-13(7-9-15)14-5-4-10-18(3)11-14/h6-9,14H,4-5,10-11H2,1-3H3. The lowest BCUT2D eigenvalue weighted by molar-refractivity contribution is 0.251. The molecule has 0 N–H and O–H groups in total. The van der Waals surface area contributed by atoms with Gasteiger partial charge in [0, 0.05) is 6.54 Å². The van der Waals surface area contributed by atoms with Crippen LogP contribution in [0.5, 0.6) is 0 Å². The number of nitrogens with zero attached hydrogens (tertiary/aromatic N) is 2. The first-order valence-corrected chi connectivity index (χ1v) is 6.73. The number of nitriles is 1. The van der Waals surface area contributed by atoms with Crippen molar-refractivity contribution in [3.63, 3.8) is 0 Å². The van der Waals surface area contributed by atoms with Crippen LogP contribution in [0.15, 0.2) is 24.3 Å². The molecule has 2 heteroatoms. The van der Waals surface area contributed by atoms with E-state index < -0.39 is 0 Å². The van der Waals surface area contributed by atoms with Crippen LogP contribution in [0, 0.1) is 11.3 Å². The second-order valence-corrected chi connectivity index (χ2v) is 5.96. The zero-order valence-electron chi connectivity index (χ0n) is 11.6. The first-order chi connectivity index (χ1) is 8.53. The summed E-state index contributed by atoms with van der Waals surface area (Å²) in [4.78, 5) is 2.40. The highest BCUT2D eigenvalue weighted by atomic mass is 15.1. The minimum Gasteiger partial charge on any atom is -0.306 e. The van der Waals surface area contributed by atoms with Crippen molar-refractivity contribution in [2.45, 2.75) is 38.0 Å². The zero-order chi connectivity index (χ0) is 13.2. The third kappa shape index (κ3) is 2.73. The van der Waals surface area contributed by atoms with E-state index in [-0.39, 0.29) is 5.41 Å². The summed E-state index contributed by atoms with van der Waals surface area (Å²) in [7, 11) is 2.19. The molecule has 1 heterocycles. The predicted molar refractivity (Wildman–Crippen MR) is 74.6 cm³/mol. The molecule has 1 fully saturated rings. The Bertz CT molecular complexity index is 439. The largest absolute Gasteiger partial charge is 0.306 e. The molecule has 0 aliphatic carbocycles. The van der Waals surface area contributed by atoms with Crippen molar-refractivity contribution < 1.29 is 0 Å². The van der Waals surface area contributed by atoms with E-state index in [0.717, 1.165) is 12.1 Å². The van der Waals surface area contributed by atoms with E-state index >= 15 is 0 Å². The fourth-order valence-corrected chi connectivity index (χ4v) is 2.67. The van der Waals surface area contributed by atoms with Crippen LogP contribution >= 0.6 is 0 Å². The van der Waals surface area contributed by atoms with Gasteiger partial charge in [-0.25, -0.2) is 0 Å². The van der Waals surface area contributed by atoms with Crippen molar-refractivity contribution in [2.24, 2.45) is 0 Å². The highest BCUT2D eigenvalue weighted by Crippen LogP contribution is 2.28. The molecule has 1 atom stereocenters. The van der Waals surface area contributed by atoms with E-state index in [4.69, 9.17) is 5.26 Å². The van der Waals surface area contributed by atoms with E-state index in [0.29, 0.717) is 5.92 Å². The molecule has 0 amide bonds. The van der Waals surface area contributed by atoms with E-state index in [9.17, 15) is 0 Å². The van der Waals surface area contributed by atoms with Gasteiger partial charge in [-0.05, 0) is 57.3 Å². The summed E-state index contributed by atoms with van der Waals surface area (Å²) in [5, 5.41) is 9.14. The fraction of sp³-hybridized carbons (Fsp3) is 0.562. The number of hydrogen-bond acceptors (Lipinski definition) is 2. The zero-order valence-corrected chi connectivity index (χ0v) is 11.6. The molecular weight excluding hydrogens is 220 g/mol. The van der Waals surface area contributed by atoms with Gasteiger partial charge in [0.15, 0.2) is 0 Å². The van der Waals surface area contributed by atoms with Gasteiger partial charge in [-0.2, -0.15) is 5.26 Å². The highest BCUT2D eigenvalue weighted by molar-refractivity contribution is 5.34. The van der Waals surface area contributed by atoms with E-state index in [1.165, 1.54) is 24.9 Å². The Balaban J connectivity index is 2.15. The summed E-state index contributed by atoms with van der Waals surface area (Å²) in [6.07, 6.45) is 2.57. The molecule has 0 radical (unpaired) electrons. The summed E-state index contributed by atoms with van der Waals surface area (Å²) < 4.78 is 0. The number of benzene rings is 1. The van der Waals surface area contributed by atoms with Crippen molar-refractivity contribution in [3.8, 4) is 6.07 Å². The molecule has 1 unspecified atom stereocenters. The maximum atomic E-state index is 9.14. The smallest absolute Gasteiger partial charge is 0.0766 e. The third-order valence-corrected chi connectivity index (χ3v) is 4.01. The van der Waals surface area contributed by atoms with Gasteiger partial charge >= 0.3 is 0 Å². The summed E-state index contributed by atoms with van der Waals surface area (Å²) >= 11 is 0. The summed E-state index contributed by atoms with van der Waals surface area (Å²) in [5.41, 5.74) is 2.14.